The van der Waals surface area contributed by atoms with Crippen molar-refractivity contribution in [1.29, 1.82) is 0 Å². The molecule has 2 heterocycles. The maximum Gasteiger partial charge on any atom is 0.116 e. The van der Waals surface area contributed by atoms with E-state index in [1.807, 2.05) is 11.3 Å². The molecule has 0 saturated heterocycles. The predicted molar refractivity (Wildman–Crippen MR) is 148 cm³/mol. The van der Waals surface area contributed by atoms with Gasteiger partial charge in [-0.05, 0) is 34.5 Å². The molecule has 0 spiro atoms. The summed E-state index contributed by atoms with van der Waals surface area (Å²) < 4.78 is 2.52. The van der Waals surface area contributed by atoms with Crippen LogP contribution in [0.1, 0.15) is 5.56 Å². The van der Waals surface area contributed by atoms with E-state index in [2.05, 4.69) is 93.9 Å². The van der Waals surface area contributed by atoms with E-state index in [-0.39, 0.29) is 0 Å². The van der Waals surface area contributed by atoms with Crippen LogP contribution in [0.2, 0.25) is 39.3 Å². The summed E-state index contributed by atoms with van der Waals surface area (Å²) in [6, 6.07) is 21.7. The number of nitrogens with zero attached hydrogens (tertiary/aromatic N) is 2. The normalized spacial score (nSPS) is 12.8. The Kier molecular flexibility index (Phi) is 5.11. The van der Waals surface area contributed by atoms with Crippen LogP contribution in [0.3, 0.4) is 0 Å². The largest absolute Gasteiger partial charge is 0.235 e. The molecule has 0 fully saturated rings. The first kappa shape index (κ1) is 21.5. The highest BCUT2D eigenvalue weighted by Crippen LogP contribution is 2.38. The smallest absolute Gasteiger partial charge is 0.116 e. The zero-order chi connectivity index (χ0) is 22.7. The molecule has 162 valence electrons. The minimum Gasteiger partial charge on any atom is -0.235 e. The van der Waals surface area contributed by atoms with Crippen molar-refractivity contribution in [1.82, 2.24) is 9.97 Å². The predicted octanol–water partition coefficient (Wildman–Crippen LogP) is 7.63. The summed E-state index contributed by atoms with van der Waals surface area (Å²) >= 11 is 1.84. The monoisotopic (exact) mass is 470 g/mol. The van der Waals surface area contributed by atoms with Crippen molar-refractivity contribution in [2.75, 3.05) is 0 Å². The zero-order valence-electron chi connectivity index (χ0n) is 19.8. The number of thiophene rings is 1. The highest BCUT2D eigenvalue weighted by molar-refractivity contribution is 7.26. The van der Waals surface area contributed by atoms with Crippen molar-refractivity contribution in [3.05, 3.63) is 66.5 Å². The minimum atomic E-state index is -1.53. The van der Waals surface area contributed by atoms with Gasteiger partial charge in [0.2, 0.25) is 0 Å². The lowest BCUT2D eigenvalue weighted by Gasteiger charge is -2.21. The van der Waals surface area contributed by atoms with E-state index in [0.717, 1.165) is 11.2 Å². The number of hydrogen-bond acceptors (Lipinski definition) is 3. The van der Waals surface area contributed by atoms with Gasteiger partial charge < -0.3 is 0 Å². The Hall–Kier alpha value is -2.35. The van der Waals surface area contributed by atoms with Gasteiger partial charge in [0, 0.05) is 23.7 Å². The summed E-state index contributed by atoms with van der Waals surface area (Å²) in [6.45, 7) is 14.6. The zero-order valence-corrected chi connectivity index (χ0v) is 22.6. The van der Waals surface area contributed by atoms with Gasteiger partial charge in [-0.2, -0.15) is 0 Å². The van der Waals surface area contributed by atoms with Gasteiger partial charge >= 0.3 is 0 Å². The number of aromatic nitrogens is 2. The maximum atomic E-state index is 4.81. The number of fused-ring (bicyclic) bond motifs is 4. The van der Waals surface area contributed by atoms with E-state index < -0.39 is 16.1 Å². The van der Waals surface area contributed by atoms with Gasteiger partial charge in [-0.25, -0.2) is 9.97 Å². The summed E-state index contributed by atoms with van der Waals surface area (Å²) in [5.41, 5.74) is 4.80. The third kappa shape index (κ3) is 3.94. The molecule has 0 atom stereocenters. The molecular formula is C27H30N2SSi2. The van der Waals surface area contributed by atoms with Crippen LogP contribution in [0.15, 0.2) is 60.9 Å². The highest BCUT2D eigenvalue weighted by atomic mass is 32.1. The lowest BCUT2D eigenvalue weighted by molar-refractivity contribution is 1.24. The molecule has 0 bridgehead atoms. The van der Waals surface area contributed by atoms with Crippen molar-refractivity contribution >= 4 is 63.7 Å². The molecule has 5 rings (SSSR count). The molecule has 0 aliphatic carbocycles. The van der Waals surface area contributed by atoms with Crippen molar-refractivity contribution in [3.8, 4) is 11.3 Å². The first-order valence-corrected chi connectivity index (χ1v) is 19.3. The highest BCUT2D eigenvalue weighted by Gasteiger charge is 2.22. The van der Waals surface area contributed by atoms with Crippen LogP contribution in [-0.2, 0) is 6.04 Å². The van der Waals surface area contributed by atoms with Crippen LogP contribution in [0, 0.1) is 0 Å². The fourth-order valence-corrected chi connectivity index (χ4v) is 8.92. The summed E-state index contributed by atoms with van der Waals surface area (Å²) in [5.74, 6) is 0. The van der Waals surface area contributed by atoms with Crippen molar-refractivity contribution in [2.24, 2.45) is 0 Å². The number of rotatable bonds is 4. The molecule has 0 radical (unpaired) electrons. The molecule has 0 unspecified atom stereocenters. The van der Waals surface area contributed by atoms with Gasteiger partial charge in [0.15, 0.2) is 0 Å². The van der Waals surface area contributed by atoms with Gasteiger partial charge in [0.25, 0.3) is 0 Å². The maximum absolute atomic E-state index is 4.81. The molecule has 5 heteroatoms. The minimum absolute atomic E-state index is 1.06. The topological polar surface area (TPSA) is 25.8 Å². The van der Waals surface area contributed by atoms with Crippen LogP contribution in [0.25, 0.3) is 42.3 Å². The lowest BCUT2D eigenvalue weighted by Crippen LogP contribution is -2.38. The fraction of sp³-hybridized carbons (Fsp3) is 0.259. The second kappa shape index (κ2) is 7.61. The molecule has 5 aromatic rings. The van der Waals surface area contributed by atoms with E-state index in [9.17, 15) is 0 Å². The van der Waals surface area contributed by atoms with Crippen molar-refractivity contribution in [3.63, 3.8) is 0 Å². The molecule has 2 nitrogen and oxygen atoms in total. The first-order valence-electron chi connectivity index (χ1n) is 11.3. The van der Waals surface area contributed by atoms with Crippen LogP contribution in [0.5, 0.6) is 0 Å². The molecule has 2 aromatic heterocycles. The summed E-state index contributed by atoms with van der Waals surface area (Å²) in [6.07, 6.45) is 1.74. The van der Waals surface area contributed by atoms with Gasteiger partial charge in [-0.1, -0.05) is 86.9 Å². The second-order valence-corrected chi connectivity index (χ2v) is 22.6. The van der Waals surface area contributed by atoms with Crippen LogP contribution < -0.4 is 5.19 Å². The summed E-state index contributed by atoms with van der Waals surface area (Å²) in [5, 5.41) is 5.43. The lowest BCUT2D eigenvalue weighted by atomic mass is 10.0. The van der Waals surface area contributed by atoms with Gasteiger partial charge in [-0.15, -0.1) is 11.3 Å². The Bertz CT molecular complexity index is 1470. The molecular weight excluding hydrogens is 441 g/mol. The molecule has 3 aromatic carbocycles. The van der Waals surface area contributed by atoms with E-state index in [1.165, 1.54) is 47.9 Å². The Labute approximate surface area is 196 Å². The Morgan fingerprint density at radius 1 is 0.812 bits per heavy atom. The number of benzene rings is 3. The Balaban J connectivity index is 1.74. The van der Waals surface area contributed by atoms with E-state index in [4.69, 9.17) is 9.97 Å². The average molecular weight is 471 g/mol. The molecule has 0 aliphatic heterocycles. The second-order valence-electron chi connectivity index (χ2n) is 11.1. The Morgan fingerprint density at radius 3 is 2.34 bits per heavy atom. The number of hydrogen-bond donors (Lipinski definition) is 0. The third-order valence-corrected chi connectivity index (χ3v) is 10.6. The summed E-state index contributed by atoms with van der Waals surface area (Å²) in [7, 11) is -2.69. The van der Waals surface area contributed by atoms with Gasteiger partial charge in [0.1, 0.15) is 6.33 Å². The van der Waals surface area contributed by atoms with Crippen LogP contribution in [0.4, 0.5) is 0 Å². The molecule has 0 amide bonds. The van der Waals surface area contributed by atoms with Gasteiger partial charge in [-0.3, -0.25) is 0 Å². The quantitative estimate of drug-likeness (QED) is 0.252. The van der Waals surface area contributed by atoms with E-state index in [0.29, 0.717) is 0 Å². The van der Waals surface area contributed by atoms with Crippen molar-refractivity contribution in [2.45, 2.75) is 45.3 Å². The van der Waals surface area contributed by atoms with E-state index in [1.54, 1.807) is 6.33 Å². The van der Waals surface area contributed by atoms with Gasteiger partial charge in [0.05, 0.1) is 24.0 Å². The third-order valence-electron chi connectivity index (χ3n) is 5.99. The average Bonchev–Trinajstić information content (AvgIpc) is 3.08. The van der Waals surface area contributed by atoms with Crippen molar-refractivity contribution < 1.29 is 0 Å². The molecule has 0 aliphatic rings. The summed E-state index contributed by atoms with van der Waals surface area (Å²) in [4.78, 5) is 9.52. The molecule has 0 saturated carbocycles. The fourth-order valence-electron chi connectivity index (χ4n) is 4.61. The van der Waals surface area contributed by atoms with E-state index >= 15 is 0 Å². The SMILES string of the molecule is C[Si](C)(C)Cc1ccc2c(c1)sc1c(-c3cc([Si](C)(C)C)c4ccccc4c3)ncnc12. The molecule has 0 N–H and O–H groups in total. The Morgan fingerprint density at radius 2 is 1.59 bits per heavy atom. The first-order chi connectivity index (χ1) is 15.1. The molecule has 32 heavy (non-hydrogen) atoms. The van der Waals surface area contributed by atoms with Crippen LogP contribution >= 0.6 is 11.3 Å². The van der Waals surface area contributed by atoms with Crippen LogP contribution in [-0.4, -0.2) is 26.1 Å². The standard InChI is InChI=1S/C27H30N2SSi2/c1-31(2,3)16-18-11-12-22-23(13-18)30-27-25(28-17-29-26(22)27)20-14-19-9-7-8-10-21(19)24(15-20)32(4,5)6/h7-15,17H,16H2,1-6H3.